The minimum absolute atomic E-state index is 1.03. The average Bonchev–Trinajstić information content (AvgIpc) is 2.62. The summed E-state index contributed by atoms with van der Waals surface area (Å²) in [6.45, 7) is 1.13. The van der Waals surface area contributed by atoms with Crippen molar-refractivity contribution >= 4 is 5.69 Å². The van der Waals surface area contributed by atoms with E-state index in [-0.39, 0.29) is 0 Å². The van der Waals surface area contributed by atoms with Gasteiger partial charge >= 0.3 is 0 Å². The van der Waals surface area contributed by atoms with Crippen molar-refractivity contribution in [1.82, 2.24) is 0 Å². The van der Waals surface area contributed by atoms with Crippen LogP contribution in [0.5, 0.6) is 0 Å². The van der Waals surface area contributed by atoms with Gasteiger partial charge in [0.2, 0.25) is 0 Å². The zero-order valence-corrected chi connectivity index (χ0v) is 9.26. The Morgan fingerprint density at radius 3 is 3.00 bits per heavy atom. The summed E-state index contributed by atoms with van der Waals surface area (Å²) >= 11 is 0. The van der Waals surface area contributed by atoms with Crippen molar-refractivity contribution in [2.75, 3.05) is 11.9 Å². The molecule has 0 saturated heterocycles. The van der Waals surface area contributed by atoms with E-state index in [9.17, 15) is 0 Å². The minimum Gasteiger partial charge on any atom is -0.384 e. The first kappa shape index (κ1) is 9.26. The van der Waals surface area contributed by atoms with Crippen molar-refractivity contribution < 1.29 is 0 Å². The van der Waals surface area contributed by atoms with Gasteiger partial charge in [-0.1, -0.05) is 31.4 Å². The molecule has 1 heterocycles. The minimum atomic E-state index is 1.03. The Labute approximate surface area is 91.9 Å². The van der Waals surface area contributed by atoms with Gasteiger partial charge in [0.1, 0.15) is 0 Å². The summed E-state index contributed by atoms with van der Waals surface area (Å²) in [6, 6.07) is 7.00. The first-order valence-electron chi connectivity index (χ1n) is 6.27. The SMILES string of the molecule is c1cc2c(cc1CCC1CCC1)NCC2. The van der Waals surface area contributed by atoms with Crippen molar-refractivity contribution in [1.29, 1.82) is 0 Å². The Morgan fingerprint density at radius 2 is 2.20 bits per heavy atom. The van der Waals surface area contributed by atoms with Gasteiger partial charge in [-0.25, -0.2) is 0 Å². The number of anilines is 1. The lowest BCUT2D eigenvalue weighted by Crippen LogP contribution is -2.11. The molecular formula is C14H19N. The zero-order valence-electron chi connectivity index (χ0n) is 9.26. The van der Waals surface area contributed by atoms with E-state index in [1.807, 2.05) is 0 Å². The molecule has 0 unspecified atom stereocenters. The van der Waals surface area contributed by atoms with Crippen molar-refractivity contribution in [3.8, 4) is 0 Å². The maximum atomic E-state index is 3.46. The second-order valence-electron chi connectivity index (χ2n) is 5.00. The molecule has 1 nitrogen and oxygen atoms in total. The fraction of sp³-hybridized carbons (Fsp3) is 0.571. The third-order valence-corrected chi connectivity index (χ3v) is 3.95. The van der Waals surface area contributed by atoms with Crippen LogP contribution in [0.2, 0.25) is 0 Å². The van der Waals surface area contributed by atoms with Gasteiger partial charge in [0.25, 0.3) is 0 Å². The van der Waals surface area contributed by atoms with Gasteiger partial charge in [0, 0.05) is 12.2 Å². The maximum absolute atomic E-state index is 3.46. The second-order valence-corrected chi connectivity index (χ2v) is 5.00. The smallest absolute Gasteiger partial charge is 0.0376 e. The fourth-order valence-electron chi connectivity index (χ4n) is 2.65. The summed E-state index contributed by atoms with van der Waals surface area (Å²) in [5.74, 6) is 1.03. The normalized spacial score (nSPS) is 19.5. The third-order valence-electron chi connectivity index (χ3n) is 3.95. The Bertz CT molecular complexity index is 352. The van der Waals surface area contributed by atoms with Crippen molar-refractivity contribution in [2.45, 2.75) is 38.5 Å². The summed E-state index contributed by atoms with van der Waals surface area (Å²) in [7, 11) is 0. The molecule has 1 fully saturated rings. The van der Waals surface area contributed by atoms with E-state index in [0.717, 1.165) is 12.5 Å². The van der Waals surface area contributed by atoms with Gasteiger partial charge in [-0.3, -0.25) is 0 Å². The molecule has 0 spiro atoms. The average molecular weight is 201 g/mol. The van der Waals surface area contributed by atoms with Gasteiger partial charge in [-0.2, -0.15) is 0 Å². The molecule has 1 heteroatoms. The van der Waals surface area contributed by atoms with Gasteiger partial charge in [0.15, 0.2) is 0 Å². The number of fused-ring (bicyclic) bond motifs is 1. The fourth-order valence-corrected chi connectivity index (χ4v) is 2.65. The third kappa shape index (κ3) is 1.88. The van der Waals surface area contributed by atoms with Crippen LogP contribution in [0.15, 0.2) is 18.2 Å². The largest absolute Gasteiger partial charge is 0.384 e. The first-order chi connectivity index (χ1) is 7.42. The van der Waals surface area contributed by atoms with Crippen LogP contribution in [-0.2, 0) is 12.8 Å². The maximum Gasteiger partial charge on any atom is 0.0376 e. The van der Waals surface area contributed by atoms with Crippen LogP contribution < -0.4 is 5.32 Å². The summed E-state index contributed by atoms with van der Waals surface area (Å²) in [6.07, 6.45) is 8.31. The Morgan fingerprint density at radius 1 is 1.27 bits per heavy atom. The molecule has 1 saturated carbocycles. The lowest BCUT2D eigenvalue weighted by molar-refractivity contribution is 0.296. The molecule has 3 rings (SSSR count). The van der Waals surface area contributed by atoms with Crippen molar-refractivity contribution in [3.05, 3.63) is 29.3 Å². The van der Waals surface area contributed by atoms with E-state index in [1.165, 1.54) is 55.3 Å². The summed E-state index contributed by atoms with van der Waals surface area (Å²) in [4.78, 5) is 0. The molecule has 0 bridgehead atoms. The van der Waals surface area contributed by atoms with Crippen LogP contribution in [-0.4, -0.2) is 6.54 Å². The van der Waals surface area contributed by atoms with Crippen LogP contribution in [0, 0.1) is 5.92 Å². The van der Waals surface area contributed by atoms with Crippen molar-refractivity contribution in [2.24, 2.45) is 5.92 Å². The highest BCUT2D eigenvalue weighted by molar-refractivity contribution is 5.57. The number of nitrogens with one attached hydrogen (secondary N) is 1. The van der Waals surface area contributed by atoms with E-state index in [4.69, 9.17) is 0 Å². The number of benzene rings is 1. The molecule has 1 aromatic rings. The Balaban J connectivity index is 1.64. The van der Waals surface area contributed by atoms with E-state index >= 15 is 0 Å². The molecule has 1 N–H and O–H groups in total. The molecule has 0 aromatic heterocycles. The molecular weight excluding hydrogens is 182 g/mol. The van der Waals surface area contributed by atoms with Crippen LogP contribution in [0.1, 0.15) is 36.8 Å². The van der Waals surface area contributed by atoms with E-state index in [2.05, 4.69) is 23.5 Å². The highest BCUT2D eigenvalue weighted by Crippen LogP contribution is 2.31. The highest BCUT2D eigenvalue weighted by Gasteiger charge is 2.17. The number of aryl methyl sites for hydroxylation is 1. The van der Waals surface area contributed by atoms with Crippen LogP contribution in [0.4, 0.5) is 5.69 Å². The van der Waals surface area contributed by atoms with Gasteiger partial charge in [0.05, 0.1) is 0 Å². The molecule has 0 radical (unpaired) electrons. The number of hydrogen-bond donors (Lipinski definition) is 1. The summed E-state index contributed by atoms with van der Waals surface area (Å²) in [5, 5.41) is 3.46. The Kier molecular flexibility index (Phi) is 2.40. The van der Waals surface area contributed by atoms with E-state index < -0.39 is 0 Å². The quantitative estimate of drug-likeness (QED) is 0.790. The molecule has 15 heavy (non-hydrogen) atoms. The van der Waals surface area contributed by atoms with Gasteiger partial charge < -0.3 is 5.32 Å². The lowest BCUT2D eigenvalue weighted by Gasteiger charge is -2.25. The van der Waals surface area contributed by atoms with Crippen molar-refractivity contribution in [3.63, 3.8) is 0 Å². The van der Waals surface area contributed by atoms with Crippen LogP contribution >= 0.6 is 0 Å². The molecule has 1 aliphatic heterocycles. The van der Waals surface area contributed by atoms with Crippen LogP contribution in [0.3, 0.4) is 0 Å². The first-order valence-corrected chi connectivity index (χ1v) is 6.27. The molecule has 2 aliphatic rings. The monoisotopic (exact) mass is 201 g/mol. The predicted octanol–water partition coefficient (Wildman–Crippen LogP) is 3.39. The summed E-state index contributed by atoms with van der Waals surface area (Å²) < 4.78 is 0. The Hall–Kier alpha value is -0.980. The highest BCUT2D eigenvalue weighted by atomic mass is 14.9. The lowest BCUT2D eigenvalue weighted by atomic mass is 9.81. The predicted molar refractivity (Wildman–Crippen MR) is 64.3 cm³/mol. The molecule has 0 amide bonds. The number of hydrogen-bond acceptors (Lipinski definition) is 1. The number of rotatable bonds is 3. The van der Waals surface area contributed by atoms with E-state index in [1.54, 1.807) is 0 Å². The second kappa shape index (κ2) is 3.88. The molecule has 1 aromatic carbocycles. The molecule has 80 valence electrons. The van der Waals surface area contributed by atoms with Gasteiger partial charge in [-0.15, -0.1) is 0 Å². The van der Waals surface area contributed by atoms with Gasteiger partial charge in [-0.05, 0) is 42.4 Å². The van der Waals surface area contributed by atoms with Crippen LogP contribution in [0.25, 0.3) is 0 Å². The summed E-state index contributed by atoms with van der Waals surface area (Å²) in [5.41, 5.74) is 4.42. The standard InChI is InChI=1S/C14H19N/c1-2-11(3-1)4-5-12-6-7-13-8-9-15-14(13)10-12/h6-7,10-11,15H,1-5,8-9H2. The molecule has 0 atom stereocenters. The topological polar surface area (TPSA) is 12.0 Å². The van der Waals surface area contributed by atoms with E-state index in [0.29, 0.717) is 0 Å². The zero-order chi connectivity index (χ0) is 10.1. The molecule has 1 aliphatic carbocycles.